The van der Waals surface area contributed by atoms with E-state index in [1.165, 1.54) is 11.3 Å². The quantitative estimate of drug-likeness (QED) is 0.455. The van der Waals surface area contributed by atoms with E-state index in [1.807, 2.05) is 41.3 Å². The second-order valence-corrected chi connectivity index (χ2v) is 8.51. The van der Waals surface area contributed by atoms with Crippen LogP contribution >= 0.6 is 34.0 Å². The summed E-state index contributed by atoms with van der Waals surface area (Å²) >= 11 is 4.62. The zero-order valence-corrected chi connectivity index (χ0v) is 16.8. The third-order valence-electron chi connectivity index (χ3n) is 3.65. The number of aryl methyl sites for hydroxylation is 1. The van der Waals surface area contributed by atoms with Gasteiger partial charge in [0.2, 0.25) is 0 Å². The zero-order valence-electron chi connectivity index (χ0n) is 14.3. The maximum atomic E-state index is 12.5. The molecule has 4 aromatic rings. The molecule has 1 N–H and O–H groups in total. The molecule has 0 spiro atoms. The van der Waals surface area contributed by atoms with Crippen molar-refractivity contribution < 1.29 is 9.53 Å². The summed E-state index contributed by atoms with van der Waals surface area (Å²) in [7, 11) is 0. The third-order valence-corrected chi connectivity index (χ3v) is 6.12. The topological polar surface area (TPSA) is 64.1 Å². The Kier molecular flexibility index (Phi) is 5.28. The van der Waals surface area contributed by atoms with Crippen molar-refractivity contribution in [1.82, 2.24) is 9.97 Å². The minimum atomic E-state index is -0.211. The molecule has 0 aliphatic rings. The standard InChI is InChI=1S/C19H15N3O2S3/c1-12-20-14(10-26-12)9-24-15-5-2-4-13(8-15)18(23)22-19-21-16(11-27-19)17-6-3-7-25-17/h2-8,10-11H,9H2,1H3,(H,21,22,23). The Morgan fingerprint density at radius 3 is 2.81 bits per heavy atom. The molecular formula is C19H15N3O2S3. The monoisotopic (exact) mass is 413 g/mol. The van der Waals surface area contributed by atoms with E-state index in [9.17, 15) is 4.79 Å². The number of carbonyl (C=O) groups excluding carboxylic acids is 1. The number of nitrogens with zero attached hydrogens (tertiary/aromatic N) is 2. The molecule has 0 atom stereocenters. The van der Waals surface area contributed by atoms with E-state index in [-0.39, 0.29) is 5.91 Å². The van der Waals surface area contributed by atoms with Gasteiger partial charge < -0.3 is 4.74 Å². The molecule has 5 nitrogen and oxygen atoms in total. The van der Waals surface area contributed by atoms with Crippen LogP contribution in [0.25, 0.3) is 10.6 Å². The highest BCUT2D eigenvalue weighted by Crippen LogP contribution is 2.28. The van der Waals surface area contributed by atoms with Gasteiger partial charge in [-0.15, -0.1) is 34.0 Å². The average molecular weight is 414 g/mol. The molecule has 8 heteroatoms. The lowest BCUT2D eigenvalue weighted by atomic mass is 10.2. The van der Waals surface area contributed by atoms with Gasteiger partial charge in [-0.3, -0.25) is 10.1 Å². The van der Waals surface area contributed by atoms with Crippen LogP contribution in [0.15, 0.2) is 52.5 Å². The number of thiazole rings is 2. The number of thiophene rings is 1. The zero-order chi connectivity index (χ0) is 18.6. The molecule has 1 aromatic carbocycles. The molecule has 3 heterocycles. The van der Waals surface area contributed by atoms with Gasteiger partial charge in [0.05, 0.1) is 21.3 Å². The lowest BCUT2D eigenvalue weighted by molar-refractivity contribution is 0.102. The lowest BCUT2D eigenvalue weighted by Crippen LogP contribution is -2.11. The van der Waals surface area contributed by atoms with Gasteiger partial charge in [0.15, 0.2) is 5.13 Å². The largest absolute Gasteiger partial charge is 0.487 e. The van der Waals surface area contributed by atoms with E-state index >= 15 is 0 Å². The molecule has 27 heavy (non-hydrogen) atoms. The second-order valence-electron chi connectivity index (χ2n) is 5.64. The van der Waals surface area contributed by atoms with Crippen molar-refractivity contribution in [2.75, 3.05) is 5.32 Å². The number of hydrogen-bond donors (Lipinski definition) is 1. The SMILES string of the molecule is Cc1nc(COc2cccc(C(=O)Nc3nc(-c4cccs4)cs3)c2)cs1. The summed E-state index contributed by atoms with van der Waals surface area (Å²) in [5.41, 5.74) is 2.28. The average Bonchev–Trinajstić information content (AvgIpc) is 3.42. The third kappa shape index (κ3) is 4.41. The number of anilines is 1. The van der Waals surface area contributed by atoms with Crippen LogP contribution in [0.2, 0.25) is 0 Å². The Labute approximate surface area is 168 Å². The summed E-state index contributed by atoms with van der Waals surface area (Å²) in [5, 5.41) is 10.4. The van der Waals surface area contributed by atoms with E-state index in [0.717, 1.165) is 21.3 Å². The number of ether oxygens (including phenoxy) is 1. The predicted molar refractivity (Wildman–Crippen MR) is 111 cm³/mol. The molecular weight excluding hydrogens is 398 g/mol. The number of benzene rings is 1. The minimum Gasteiger partial charge on any atom is -0.487 e. The maximum Gasteiger partial charge on any atom is 0.257 e. The smallest absolute Gasteiger partial charge is 0.257 e. The number of aromatic nitrogens is 2. The summed E-state index contributed by atoms with van der Waals surface area (Å²) in [6.07, 6.45) is 0. The molecule has 3 aromatic heterocycles. The van der Waals surface area contributed by atoms with Crippen molar-refractivity contribution in [3.8, 4) is 16.3 Å². The Bertz CT molecular complexity index is 1050. The first kappa shape index (κ1) is 17.8. The molecule has 0 aliphatic carbocycles. The molecule has 4 rings (SSSR count). The van der Waals surface area contributed by atoms with Gasteiger partial charge in [-0.2, -0.15) is 0 Å². The number of nitrogens with one attached hydrogen (secondary N) is 1. The van der Waals surface area contributed by atoms with Crippen LogP contribution in [0, 0.1) is 6.92 Å². The van der Waals surface area contributed by atoms with Gasteiger partial charge in [-0.25, -0.2) is 9.97 Å². The van der Waals surface area contributed by atoms with Crippen molar-refractivity contribution >= 4 is 45.0 Å². The lowest BCUT2D eigenvalue weighted by Gasteiger charge is -2.07. The number of hydrogen-bond acceptors (Lipinski definition) is 7. The van der Waals surface area contributed by atoms with E-state index < -0.39 is 0 Å². The molecule has 136 valence electrons. The first-order chi connectivity index (χ1) is 13.2. The van der Waals surface area contributed by atoms with Crippen molar-refractivity contribution in [3.63, 3.8) is 0 Å². The van der Waals surface area contributed by atoms with Gasteiger partial charge in [0.25, 0.3) is 5.91 Å². The number of carbonyl (C=O) groups is 1. The number of rotatable bonds is 6. The molecule has 0 aliphatic heterocycles. The van der Waals surface area contributed by atoms with Gasteiger partial charge in [-0.05, 0) is 36.6 Å². The van der Waals surface area contributed by atoms with Crippen molar-refractivity contribution in [2.24, 2.45) is 0 Å². The Morgan fingerprint density at radius 2 is 2.04 bits per heavy atom. The van der Waals surface area contributed by atoms with E-state index in [4.69, 9.17) is 4.74 Å². The maximum absolute atomic E-state index is 12.5. The molecule has 1 amide bonds. The van der Waals surface area contributed by atoms with Crippen molar-refractivity contribution in [2.45, 2.75) is 13.5 Å². The van der Waals surface area contributed by atoms with Crippen molar-refractivity contribution in [3.05, 3.63) is 68.8 Å². The van der Waals surface area contributed by atoms with Crippen LogP contribution < -0.4 is 10.1 Å². The van der Waals surface area contributed by atoms with Crippen LogP contribution in [-0.4, -0.2) is 15.9 Å². The fourth-order valence-electron chi connectivity index (χ4n) is 2.40. The van der Waals surface area contributed by atoms with Gasteiger partial charge in [0, 0.05) is 16.3 Å². The Hall–Kier alpha value is -2.55. The summed E-state index contributed by atoms with van der Waals surface area (Å²) in [5.74, 6) is 0.420. The van der Waals surface area contributed by atoms with Crippen LogP contribution in [0.1, 0.15) is 21.1 Å². The molecule has 0 unspecified atom stereocenters. The molecule has 0 saturated heterocycles. The van der Waals surface area contributed by atoms with Gasteiger partial charge >= 0.3 is 0 Å². The first-order valence-corrected chi connectivity index (χ1v) is 10.8. The first-order valence-electron chi connectivity index (χ1n) is 8.12. The van der Waals surface area contributed by atoms with Gasteiger partial charge in [0.1, 0.15) is 12.4 Å². The minimum absolute atomic E-state index is 0.211. The highest BCUT2D eigenvalue weighted by Gasteiger charge is 2.11. The van der Waals surface area contributed by atoms with Crippen LogP contribution in [0.5, 0.6) is 5.75 Å². The summed E-state index contributed by atoms with van der Waals surface area (Å²) in [4.78, 5) is 22.5. The van der Waals surface area contributed by atoms with Crippen LogP contribution in [-0.2, 0) is 6.61 Å². The van der Waals surface area contributed by atoms with Crippen LogP contribution in [0.3, 0.4) is 0 Å². The fraction of sp³-hybridized carbons (Fsp3) is 0.105. The molecule has 0 fully saturated rings. The highest BCUT2D eigenvalue weighted by atomic mass is 32.1. The van der Waals surface area contributed by atoms with E-state index in [2.05, 4.69) is 15.3 Å². The van der Waals surface area contributed by atoms with E-state index in [1.54, 1.807) is 40.9 Å². The van der Waals surface area contributed by atoms with E-state index in [0.29, 0.717) is 23.1 Å². The second kappa shape index (κ2) is 7.99. The molecule has 0 saturated carbocycles. The van der Waals surface area contributed by atoms with Gasteiger partial charge in [-0.1, -0.05) is 12.1 Å². The fourth-order valence-corrected chi connectivity index (χ4v) is 4.46. The molecule has 0 bridgehead atoms. The van der Waals surface area contributed by atoms with Crippen LogP contribution in [0.4, 0.5) is 5.13 Å². The summed E-state index contributed by atoms with van der Waals surface area (Å²) in [6, 6.07) is 11.1. The molecule has 0 radical (unpaired) electrons. The summed E-state index contributed by atoms with van der Waals surface area (Å²) < 4.78 is 5.75. The Balaban J connectivity index is 1.41. The highest BCUT2D eigenvalue weighted by molar-refractivity contribution is 7.16. The predicted octanol–water partition coefficient (Wildman–Crippen LogP) is 5.47. The van der Waals surface area contributed by atoms with Crippen molar-refractivity contribution in [1.29, 1.82) is 0 Å². The summed E-state index contributed by atoms with van der Waals surface area (Å²) in [6.45, 7) is 2.34. The Morgan fingerprint density at radius 1 is 1.11 bits per heavy atom. The number of amides is 1. The normalized spacial score (nSPS) is 10.7.